The van der Waals surface area contributed by atoms with Crippen LogP contribution in [0.4, 0.5) is 11.6 Å². The number of nitrogens with zero attached hydrogens (tertiary/aromatic N) is 3. The number of ether oxygens (including phenoxy) is 1. The third-order valence-corrected chi connectivity index (χ3v) is 7.27. The molecule has 0 unspecified atom stereocenters. The van der Waals surface area contributed by atoms with Crippen LogP contribution in [0.3, 0.4) is 0 Å². The van der Waals surface area contributed by atoms with Crippen molar-refractivity contribution >= 4 is 27.1 Å². The normalized spacial score (nSPS) is 13.9. The number of para-hydroxylation sites is 2. The van der Waals surface area contributed by atoms with Gasteiger partial charge in [0.15, 0.2) is 15.5 Å². The number of hydrogen-bond acceptors (Lipinski definition) is 6. The van der Waals surface area contributed by atoms with Crippen LogP contribution < -0.4 is 10.1 Å². The van der Waals surface area contributed by atoms with Crippen LogP contribution in [-0.2, 0) is 15.6 Å². The van der Waals surface area contributed by atoms with Gasteiger partial charge in [-0.3, -0.25) is 0 Å². The first-order valence-corrected chi connectivity index (χ1v) is 12.4. The van der Waals surface area contributed by atoms with Crippen molar-refractivity contribution < 1.29 is 13.2 Å². The number of hydrogen-bond donors (Lipinski definition) is 1. The number of fused-ring (bicyclic) bond motifs is 1. The number of anilines is 2. The number of sulfone groups is 1. The third kappa shape index (κ3) is 4.60. The molecule has 0 bridgehead atoms. The van der Waals surface area contributed by atoms with E-state index in [2.05, 4.69) is 15.4 Å². The van der Waals surface area contributed by atoms with Gasteiger partial charge in [-0.25, -0.2) is 12.9 Å². The van der Waals surface area contributed by atoms with E-state index in [9.17, 15) is 8.42 Å². The van der Waals surface area contributed by atoms with Gasteiger partial charge in [-0.05, 0) is 54.2 Å². The Bertz CT molecular complexity index is 1380. The first kappa shape index (κ1) is 20.5. The molecule has 0 radical (unpaired) electrons. The van der Waals surface area contributed by atoms with Crippen molar-refractivity contribution in [3.8, 4) is 16.9 Å². The highest BCUT2D eigenvalue weighted by Gasteiger charge is 2.28. The number of nitrogens with one attached hydrogen (secondary N) is 1. The monoisotopic (exact) mass is 448 g/mol. The third-order valence-electron chi connectivity index (χ3n) is 5.52. The van der Waals surface area contributed by atoms with E-state index in [1.54, 1.807) is 11.6 Å². The van der Waals surface area contributed by atoms with Crippen LogP contribution in [0.15, 0.2) is 66.9 Å². The molecule has 8 heteroatoms. The predicted octanol–water partition coefficient (Wildman–Crippen LogP) is 4.47. The molecule has 0 saturated heterocycles. The van der Waals surface area contributed by atoms with Crippen molar-refractivity contribution in [1.82, 2.24) is 14.6 Å². The molecule has 164 valence electrons. The summed E-state index contributed by atoms with van der Waals surface area (Å²) in [7, 11) is -1.46. The van der Waals surface area contributed by atoms with E-state index in [4.69, 9.17) is 4.74 Å². The Balaban J connectivity index is 1.39. The zero-order valence-electron chi connectivity index (χ0n) is 17.7. The molecule has 1 fully saturated rings. The number of rotatable bonds is 8. The molecule has 0 spiro atoms. The maximum absolute atomic E-state index is 12.4. The molecule has 1 aliphatic carbocycles. The molecule has 0 atom stereocenters. The standard InChI is InChI=1S/C24H24N4O3S/c1-31-22-8-3-2-7-21(22)25-24-26-23-12-11-20(14-28(23)27-24)19-6-4-5-18(13-19)16-32(29,30)15-17-9-10-17/h2-8,11-14,17H,9-10,15-16H2,1H3,(H,25,27). The van der Waals surface area contributed by atoms with E-state index in [-0.39, 0.29) is 5.75 Å². The van der Waals surface area contributed by atoms with Gasteiger partial charge < -0.3 is 10.1 Å². The highest BCUT2D eigenvalue weighted by atomic mass is 32.2. The van der Waals surface area contributed by atoms with Crippen LogP contribution in [-0.4, -0.2) is 35.9 Å². The Kier molecular flexibility index (Phi) is 5.30. The van der Waals surface area contributed by atoms with Crippen molar-refractivity contribution in [2.24, 2.45) is 5.92 Å². The SMILES string of the molecule is COc1ccccc1Nc1nc2ccc(-c3cccc(CS(=O)(=O)CC4CC4)c3)cn2n1. The Hall–Kier alpha value is -3.39. The number of methoxy groups -OCH3 is 1. The van der Waals surface area contributed by atoms with Gasteiger partial charge >= 0.3 is 0 Å². The molecule has 7 nitrogen and oxygen atoms in total. The molecule has 0 aliphatic heterocycles. The van der Waals surface area contributed by atoms with E-state index in [1.807, 2.05) is 66.9 Å². The van der Waals surface area contributed by atoms with Crippen LogP contribution >= 0.6 is 0 Å². The number of pyridine rings is 1. The molecular formula is C24H24N4O3S. The van der Waals surface area contributed by atoms with E-state index in [1.165, 1.54) is 0 Å². The minimum Gasteiger partial charge on any atom is -0.495 e. The van der Waals surface area contributed by atoms with Gasteiger partial charge in [-0.15, -0.1) is 5.10 Å². The van der Waals surface area contributed by atoms with Crippen molar-refractivity contribution in [3.05, 3.63) is 72.4 Å². The highest BCUT2D eigenvalue weighted by molar-refractivity contribution is 7.90. The Morgan fingerprint density at radius 1 is 1.06 bits per heavy atom. The summed E-state index contributed by atoms with van der Waals surface area (Å²) < 4.78 is 31.9. The first-order valence-electron chi connectivity index (χ1n) is 10.6. The van der Waals surface area contributed by atoms with Crippen molar-refractivity contribution in [2.75, 3.05) is 18.2 Å². The highest BCUT2D eigenvalue weighted by Crippen LogP contribution is 2.31. The van der Waals surface area contributed by atoms with Crippen molar-refractivity contribution in [3.63, 3.8) is 0 Å². The van der Waals surface area contributed by atoms with Gasteiger partial charge in [-0.1, -0.05) is 36.4 Å². The molecule has 1 N–H and O–H groups in total. The van der Waals surface area contributed by atoms with E-state index >= 15 is 0 Å². The minimum atomic E-state index is -3.08. The average Bonchev–Trinajstić information content (AvgIpc) is 3.48. The summed E-state index contributed by atoms with van der Waals surface area (Å²) in [4.78, 5) is 4.52. The fourth-order valence-electron chi connectivity index (χ4n) is 3.77. The van der Waals surface area contributed by atoms with Gasteiger partial charge in [0.2, 0.25) is 5.95 Å². The van der Waals surface area contributed by atoms with Crippen LogP contribution in [0, 0.1) is 5.92 Å². The average molecular weight is 449 g/mol. The van der Waals surface area contributed by atoms with Crippen molar-refractivity contribution in [2.45, 2.75) is 18.6 Å². The molecule has 4 aromatic rings. The first-order chi connectivity index (χ1) is 15.5. The number of aromatic nitrogens is 3. The van der Waals surface area contributed by atoms with Crippen LogP contribution in [0.25, 0.3) is 16.8 Å². The van der Waals surface area contributed by atoms with Crippen molar-refractivity contribution in [1.29, 1.82) is 0 Å². The van der Waals surface area contributed by atoms with E-state index in [0.717, 1.165) is 35.2 Å². The lowest BCUT2D eigenvalue weighted by Crippen LogP contribution is -2.10. The molecule has 5 rings (SSSR count). The van der Waals surface area contributed by atoms with Gasteiger partial charge in [0.05, 0.1) is 24.3 Å². The zero-order valence-corrected chi connectivity index (χ0v) is 18.5. The second-order valence-corrected chi connectivity index (χ2v) is 10.3. The fourth-order valence-corrected chi connectivity index (χ4v) is 5.63. The topological polar surface area (TPSA) is 85.6 Å². The molecule has 32 heavy (non-hydrogen) atoms. The molecule has 2 aromatic heterocycles. The lowest BCUT2D eigenvalue weighted by Gasteiger charge is -2.07. The smallest absolute Gasteiger partial charge is 0.247 e. The Morgan fingerprint density at radius 3 is 2.72 bits per heavy atom. The summed E-state index contributed by atoms with van der Waals surface area (Å²) >= 11 is 0. The lowest BCUT2D eigenvalue weighted by atomic mass is 10.1. The molecular weight excluding hydrogens is 424 g/mol. The van der Waals surface area contributed by atoms with Gasteiger partial charge in [0, 0.05) is 11.8 Å². The quantitative estimate of drug-likeness (QED) is 0.428. The molecule has 2 heterocycles. The summed E-state index contributed by atoms with van der Waals surface area (Å²) in [5, 5.41) is 7.73. The van der Waals surface area contributed by atoms with Gasteiger partial charge in [0.1, 0.15) is 5.75 Å². The molecule has 1 saturated carbocycles. The number of benzene rings is 2. The minimum absolute atomic E-state index is 0.0793. The lowest BCUT2D eigenvalue weighted by molar-refractivity contribution is 0.417. The summed E-state index contributed by atoms with van der Waals surface area (Å²) in [6.07, 6.45) is 3.96. The summed E-state index contributed by atoms with van der Waals surface area (Å²) in [5.74, 6) is 1.91. The fraction of sp³-hybridized carbons (Fsp3) is 0.250. The Morgan fingerprint density at radius 2 is 1.91 bits per heavy atom. The van der Waals surface area contributed by atoms with Crippen LogP contribution in [0.1, 0.15) is 18.4 Å². The molecule has 1 aliphatic rings. The molecule has 2 aromatic carbocycles. The molecule has 0 amide bonds. The maximum atomic E-state index is 12.4. The van der Waals surface area contributed by atoms with Gasteiger partial charge in [0.25, 0.3) is 0 Å². The summed E-state index contributed by atoms with van der Waals surface area (Å²) in [6.45, 7) is 0. The van der Waals surface area contributed by atoms with Crippen LogP contribution in [0.2, 0.25) is 0 Å². The van der Waals surface area contributed by atoms with Crippen LogP contribution in [0.5, 0.6) is 5.75 Å². The van der Waals surface area contributed by atoms with E-state index < -0.39 is 9.84 Å². The van der Waals surface area contributed by atoms with Gasteiger partial charge in [-0.2, -0.15) is 4.98 Å². The summed E-state index contributed by atoms with van der Waals surface area (Å²) in [6, 6.07) is 19.1. The Labute approximate surface area is 187 Å². The largest absolute Gasteiger partial charge is 0.495 e. The van der Waals surface area contributed by atoms with E-state index in [0.29, 0.717) is 29.0 Å². The second-order valence-electron chi connectivity index (χ2n) is 8.18. The maximum Gasteiger partial charge on any atom is 0.247 e. The predicted molar refractivity (Wildman–Crippen MR) is 125 cm³/mol. The zero-order chi connectivity index (χ0) is 22.1. The second kappa shape index (κ2) is 8.27. The summed E-state index contributed by atoms with van der Waals surface area (Å²) in [5.41, 5.74) is 4.18.